The number of likely N-dealkylation sites (N-methyl/N-ethyl adjacent to an activating group) is 1. The molecule has 0 aliphatic carbocycles. The number of fused-ring (bicyclic) bond motifs is 1. The molecule has 1 atom stereocenters. The second kappa shape index (κ2) is 7.55. The molecule has 24 heavy (non-hydrogen) atoms. The van der Waals surface area contributed by atoms with Crippen LogP contribution in [0.1, 0.15) is 23.4 Å². The van der Waals surface area contributed by atoms with Crippen molar-refractivity contribution >= 4 is 33.2 Å². The molecule has 0 unspecified atom stereocenters. The topological polar surface area (TPSA) is 50.8 Å². The summed E-state index contributed by atoms with van der Waals surface area (Å²) in [4.78, 5) is 15.5. The molecular formula is C17H19BrN2O3S. The van der Waals surface area contributed by atoms with E-state index in [-0.39, 0.29) is 18.7 Å². The van der Waals surface area contributed by atoms with Gasteiger partial charge in [-0.25, -0.2) is 0 Å². The van der Waals surface area contributed by atoms with Gasteiger partial charge >= 0.3 is 0 Å². The van der Waals surface area contributed by atoms with Gasteiger partial charge in [-0.3, -0.25) is 9.69 Å². The number of rotatable bonds is 6. The minimum atomic E-state index is -0.0868. The summed E-state index contributed by atoms with van der Waals surface area (Å²) in [6, 6.07) is 9.75. The molecule has 0 bridgehead atoms. The van der Waals surface area contributed by atoms with Gasteiger partial charge in [-0.2, -0.15) is 0 Å². The monoisotopic (exact) mass is 410 g/mol. The summed E-state index contributed by atoms with van der Waals surface area (Å²) in [6.45, 7) is 3.32. The Kier molecular flexibility index (Phi) is 5.43. The summed E-state index contributed by atoms with van der Waals surface area (Å²) in [5.74, 6) is 1.48. The third-order valence-corrected chi connectivity index (χ3v) is 5.35. The molecule has 0 radical (unpaired) electrons. The molecule has 1 amide bonds. The molecule has 1 aromatic heterocycles. The first-order valence-corrected chi connectivity index (χ1v) is 9.24. The van der Waals surface area contributed by atoms with Crippen molar-refractivity contribution in [1.29, 1.82) is 0 Å². The highest BCUT2D eigenvalue weighted by atomic mass is 79.9. The fraction of sp³-hybridized carbons (Fsp3) is 0.353. The van der Waals surface area contributed by atoms with Crippen molar-refractivity contribution in [3.05, 3.63) is 44.6 Å². The van der Waals surface area contributed by atoms with Crippen LogP contribution in [0, 0.1) is 0 Å². The minimum Gasteiger partial charge on any atom is -0.454 e. The normalized spacial score (nSPS) is 14.0. The summed E-state index contributed by atoms with van der Waals surface area (Å²) >= 11 is 5.14. The summed E-state index contributed by atoms with van der Waals surface area (Å²) in [5, 5.41) is 3.03. The van der Waals surface area contributed by atoms with Gasteiger partial charge < -0.3 is 14.8 Å². The van der Waals surface area contributed by atoms with E-state index in [1.54, 1.807) is 11.3 Å². The average molecular weight is 411 g/mol. The average Bonchev–Trinajstić information content (AvgIpc) is 3.14. The van der Waals surface area contributed by atoms with E-state index in [0.717, 1.165) is 27.4 Å². The number of hydrogen-bond donors (Lipinski definition) is 1. The van der Waals surface area contributed by atoms with Crippen LogP contribution in [0.4, 0.5) is 0 Å². The van der Waals surface area contributed by atoms with E-state index < -0.39 is 0 Å². The largest absolute Gasteiger partial charge is 0.454 e. The van der Waals surface area contributed by atoms with Gasteiger partial charge in [-0.05, 0) is 59.7 Å². The molecule has 1 aliphatic heterocycles. The summed E-state index contributed by atoms with van der Waals surface area (Å²) in [6.07, 6.45) is 0. The fourth-order valence-electron chi connectivity index (χ4n) is 2.56. The lowest BCUT2D eigenvalue weighted by Gasteiger charge is -2.19. The number of hydrogen-bond acceptors (Lipinski definition) is 5. The predicted octanol–water partition coefficient (Wildman–Crippen LogP) is 3.55. The lowest BCUT2D eigenvalue weighted by atomic mass is 10.1. The molecule has 3 rings (SSSR count). The first-order chi connectivity index (χ1) is 11.5. The third kappa shape index (κ3) is 4.28. The SMILES string of the molecule is C[C@@H](NC(=O)CN(C)Cc1ccc(Br)s1)c1ccc2c(c1)OCO2. The maximum absolute atomic E-state index is 12.3. The van der Waals surface area contributed by atoms with Crippen LogP contribution in [0.25, 0.3) is 0 Å². The van der Waals surface area contributed by atoms with Crippen molar-refractivity contribution < 1.29 is 14.3 Å². The highest BCUT2D eigenvalue weighted by Gasteiger charge is 2.17. The molecular weight excluding hydrogens is 392 g/mol. The van der Waals surface area contributed by atoms with Crippen molar-refractivity contribution in [2.75, 3.05) is 20.4 Å². The van der Waals surface area contributed by atoms with Crippen LogP contribution in [0.2, 0.25) is 0 Å². The number of carbonyl (C=O) groups is 1. The highest BCUT2D eigenvalue weighted by molar-refractivity contribution is 9.11. The van der Waals surface area contributed by atoms with Crippen molar-refractivity contribution in [2.24, 2.45) is 0 Å². The van der Waals surface area contributed by atoms with Crippen LogP contribution in [-0.2, 0) is 11.3 Å². The molecule has 5 nitrogen and oxygen atoms in total. The maximum Gasteiger partial charge on any atom is 0.234 e. The zero-order valence-corrected chi connectivity index (χ0v) is 15.9. The first kappa shape index (κ1) is 17.3. The zero-order chi connectivity index (χ0) is 17.1. The second-order valence-electron chi connectivity index (χ2n) is 5.78. The number of benzene rings is 1. The van der Waals surface area contributed by atoms with E-state index in [2.05, 4.69) is 27.3 Å². The Bertz CT molecular complexity index is 734. The van der Waals surface area contributed by atoms with Gasteiger partial charge in [0.1, 0.15) is 0 Å². The van der Waals surface area contributed by atoms with Crippen LogP contribution in [0.3, 0.4) is 0 Å². The van der Waals surface area contributed by atoms with E-state index in [1.165, 1.54) is 4.88 Å². The van der Waals surface area contributed by atoms with Crippen LogP contribution >= 0.6 is 27.3 Å². The summed E-state index contributed by atoms with van der Waals surface area (Å²) < 4.78 is 11.8. The summed E-state index contributed by atoms with van der Waals surface area (Å²) in [5.41, 5.74) is 0.998. The Morgan fingerprint density at radius 3 is 2.88 bits per heavy atom. The Balaban J connectivity index is 1.52. The molecule has 2 heterocycles. The number of thiophene rings is 1. The van der Waals surface area contributed by atoms with Crippen molar-refractivity contribution in [3.63, 3.8) is 0 Å². The zero-order valence-electron chi connectivity index (χ0n) is 13.5. The molecule has 1 N–H and O–H groups in total. The van der Waals surface area contributed by atoms with E-state index in [1.807, 2.05) is 43.1 Å². The number of ether oxygens (including phenoxy) is 2. The van der Waals surface area contributed by atoms with Crippen LogP contribution in [0.5, 0.6) is 11.5 Å². The van der Waals surface area contributed by atoms with Crippen molar-refractivity contribution in [3.8, 4) is 11.5 Å². The minimum absolute atomic E-state index is 0.00158. The summed E-state index contributed by atoms with van der Waals surface area (Å²) in [7, 11) is 1.94. The molecule has 0 saturated heterocycles. The van der Waals surface area contributed by atoms with Gasteiger partial charge in [0.2, 0.25) is 12.7 Å². The molecule has 0 spiro atoms. The highest BCUT2D eigenvalue weighted by Crippen LogP contribution is 2.34. The standard InChI is InChI=1S/C17H19BrN2O3S/c1-11(12-3-5-14-15(7-12)23-10-22-14)19-17(21)9-20(2)8-13-4-6-16(18)24-13/h3-7,11H,8-10H2,1-2H3,(H,19,21)/t11-/m1/s1. The lowest BCUT2D eigenvalue weighted by Crippen LogP contribution is -2.36. The number of halogens is 1. The molecule has 2 aromatic rings. The number of carbonyl (C=O) groups excluding carboxylic acids is 1. The Hall–Kier alpha value is -1.57. The molecule has 7 heteroatoms. The Morgan fingerprint density at radius 1 is 1.33 bits per heavy atom. The van der Waals surface area contributed by atoms with Crippen LogP contribution in [-0.4, -0.2) is 31.2 Å². The lowest BCUT2D eigenvalue weighted by molar-refractivity contribution is -0.122. The Morgan fingerprint density at radius 2 is 2.12 bits per heavy atom. The van der Waals surface area contributed by atoms with E-state index >= 15 is 0 Å². The van der Waals surface area contributed by atoms with Gasteiger partial charge in [-0.15, -0.1) is 11.3 Å². The second-order valence-corrected chi connectivity index (χ2v) is 8.33. The molecule has 0 fully saturated rings. The van der Waals surface area contributed by atoms with Crippen LogP contribution in [0.15, 0.2) is 34.1 Å². The molecule has 128 valence electrons. The van der Waals surface area contributed by atoms with Crippen molar-refractivity contribution in [1.82, 2.24) is 10.2 Å². The molecule has 0 saturated carbocycles. The van der Waals surface area contributed by atoms with E-state index in [0.29, 0.717) is 6.54 Å². The van der Waals surface area contributed by atoms with Gasteiger partial charge in [0.05, 0.1) is 16.4 Å². The van der Waals surface area contributed by atoms with Gasteiger partial charge in [0.15, 0.2) is 11.5 Å². The Labute approximate surface area is 153 Å². The van der Waals surface area contributed by atoms with Crippen molar-refractivity contribution in [2.45, 2.75) is 19.5 Å². The van der Waals surface area contributed by atoms with Crippen LogP contribution < -0.4 is 14.8 Å². The molecule has 1 aromatic carbocycles. The predicted molar refractivity (Wildman–Crippen MR) is 97.5 cm³/mol. The van der Waals surface area contributed by atoms with E-state index in [9.17, 15) is 4.79 Å². The smallest absolute Gasteiger partial charge is 0.234 e. The van der Waals surface area contributed by atoms with Gasteiger partial charge in [0.25, 0.3) is 0 Å². The first-order valence-electron chi connectivity index (χ1n) is 7.63. The van der Waals surface area contributed by atoms with Gasteiger partial charge in [0, 0.05) is 11.4 Å². The molecule has 1 aliphatic rings. The number of nitrogens with one attached hydrogen (secondary N) is 1. The quantitative estimate of drug-likeness (QED) is 0.790. The third-order valence-electron chi connectivity index (χ3n) is 3.74. The fourth-order valence-corrected chi connectivity index (χ4v) is 4.12. The maximum atomic E-state index is 12.3. The number of amides is 1. The number of nitrogens with zero attached hydrogens (tertiary/aromatic N) is 1. The van der Waals surface area contributed by atoms with Gasteiger partial charge in [-0.1, -0.05) is 6.07 Å². The van der Waals surface area contributed by atoms with E-state index in [4.69, 9.17) is 9.47 Å².